The maximum Gasteiger partial charge on any atom is 0.254 e. The van der Waals surface area contributed by atoms with Gasteiger partial charge in [-0.05, 0) is 103 Å². The number of hydrogen-bond acceptors (Lipinski definition) is 8. The summed E-state index contributed by atoms with van der Waals surface area (Å²) in [4.78, 5) is 42.2. The number of aromatic amines is 1. The topological polar surface area (TPSA) is 168 Å². The Morgan fingerprint density at radius 1 is 0.938 bits per heavy atom. The summed E-state index contributed by atoms with van der Waals surface area (Å²) in [6, 6.07) is 20.2. The van der Waals surface area contributed by atoms with E-state index in [1.165, 1.54) is 0 Å². The van der Waals surface area contributed by atoms with Gasteiger partial charge in [0.05, 0.1) is 13.2 Å². The molecule has 250 valence electrons. The van der Waals surface area contributed by atoms with E-state index in [0.29, 0.717) is 62.3 Å². The van der Waals surface area contributed by atoms with Gasteiger partial charge in [0, 0.05) is 42.2 Å². The van der Waals surface area contributed by atoms with E-state index < -0.39 is 6.04 Å². The summed E-state index contributed by atoms with van der Waals surface area (Å²) in [6.07, 6.45) is 3.67. The number of carbonyl (C=O) groups is 3. The molecule has 1 aliphatic carbocycles. The summed E-state index contributed by atoms with van der Waals surface area (Å²) in [6.45, 7) is 4.86. The van der Waals surface area contributed by atoms with Crippen LogP contribution in [-0.2, 0) is 20.7 Å². The second-order valence-corrected chi connectivity index (χ2v) is 12.7. The Balaban J connectivity index is 1.17. The van der Waals surface area contributed by atoms with Crippen molar-refractivity contribution in [2.75, 3.05) is 38.2 Å². The quantitative estimate of drug-likeness (QED) is 0.201. The average Bonchev–Trinajstić information content (AvgIpc) is 3.68. The number of nitrogens with one attached hydrogen (secondary N) is 3. The molecular weight excluding hydrogens is 608 g/mol. The molecule has 1 atom stereocenters. The Bertz CT molecular complexity index is 1700. The molecule has 5 N–H and O–H groups in total. The molecule has 1 unspecified atom stereocenters. The summed E-state index contributed by atoms with van der Waals surface area (Å²) >= 11 is 0. The molecule has 0 spiro atoms. The number of rotatable bonds is 10. The maximum absolute atomic E-state index is 13.7. The second-order valence-electron chi connectivity index (χ2n) is 12.7. The molecule has 2 heterocycles. The zero-order valence-electron chi connectivity index (χ0n) is 27.2. The van der Waals surface area contributed by atoms with Crippen LogP contribution in [0.2, 0.25) is 0 Å². The summed E-state index contributed by atoms with van der Waals surface area (Å²) in [5.74, 6) is 0.364. The van der Waals surface area contributed by atoms with E-state index in [9.17, 15) is 14.4 Å². The third-order valence-corrected chi connectivity index (χ3v) is 9.43. The number of H-pyrrole nitrogens is 1. The van der Waals surface area contributed by atoms with Crippen LogP contribution in [0, 0.1) is 18.8 Å². The lowest BCUT2D eigenvalue weighted by atomic mass is 9.81. The molecular formula is C36H42N8O4. The number of hydrogen-bond donors (Lipinski definition) is 4. The van der Waals surface area contributed by atoms with Gasteiger partial charge in [0.1, 0.15) is 6.04 Å². The number of morpholine rings is 1. The summed E-state index contributed by atoms with van der Waals surface area (Å²) in [5, 5.41) is 20.0. The minimum atomic E-state index is -0.787. The first-order valence-electron chi connectivity index (χ1n) is 16.6. The van der Waals surface area contributed by atoms with E-state index in [-0.39, 0.29) is 23.6 Å². The van der Waals surface area contributed by atoms with Gasteiger partial charge in [-0.25, -0.2) is 0 Å². The van der Waals surface area contributed by atoms with Gasteiger partial charge in [-0.1, -0.05) is 36.4 Å². The van der Waals surface area contributed by atoms with Crippen molar-refractivity contribution in [2.45, 2.75) is 45.1 Å². The van der Waals surface area contributed by atoms with Crippen molar-refractivity contribution >= 4 is 23.4 Å². The van der Waals surface area contributed by atoms with E-state index in [4.69, 9.17) is 10.5 Å². The molecule has 2 aliphatic rings. The van der Waals surface area contributed by atoms with Gasteiger partial charge in [-0.2, -0.15) is 5.21 Å². The molecule has 2 fully saturated rings. The first-order chi connectivity index (χ1) is 23.4. The number of ether oxygens (including phenoxy) is 1. The lowest BCUT2D eigenvalue weighted by molar-refractivity contribution is -0.130. The normalized spacial score (nSPS) is 18.6. The molecule has 12 nitrogen and oxygen atoms in total. The van der Waals surface area contributed by atoms with Crippen LogP contribution in [0.25, 0.3) is 22.5 Å². The number of aromatic nitrogens is 4. The van der Waals surface area contributed by atoms with E-state index in [1.807, 2.05) is 54.3 Å². The zero-order valence-corrected chi connectivity index (χ0v) is 27.2. The third kappa shape index (κ3) is 7.95. The van der Waals surface area contributed by atoms with Crippen LogP contribution >= 0.6 is 0 Å². The van der Waals surface area contributed by atoms with Crippen molar-refractivity contribution in [1.29, 1.82) is 0 Å². The SMILES string of the molecule is Cc1ccc(-c2ccc(CC(NC(=O)C3CCC(CN)CC3)C(=O)Nc3ccc(-c4nn[nH]n4)cc3)cc2)cc1C(=O)N1CCOCC1. The van der Waals surface area contributed by atoms with E-state index in [1.54, 1.807) is 24.3 Å². The third-order valence-electron chi connectivity index (χ3n) is 9.43. The van der Waals surface area contributed by atoms with Gasteiger partial charge in [-0.3, -0.25) is 14.4 Å². The first-order valence-corrected chi connectivity index (χ1v) is 16.6. The smallest absolute Gasteiger partial charge is 0.254 e. The van der Waals surface area contributed by atoms with Crippen molar-refractivity contribution < 1.29 is 19.1 Å². The largest absolute Gasteiger partial charge is 0.378 e. The molecule has 1 saturated carbocycles. The van der Waals surface area contributed by atoms with E-state index in [2.05, 4.69) is 31.3 Å². The highest BCUT2D eigenvalue weighted by Crippen LogP contribution is 2.29. The minimum Gasteiger partial charge on any atom is -0.378 e. The van der Waals surface area contributed by atoms with Gasteiger partial charge in [0.25, 0.3) is 5.91 Å². The standard InChI is InChI=1S/C36H42N8O4/c1-23-2-7-29(21-31(23)36(47)44-16-18-48-19-17-44)26-8-3-24(4-9-26)20-32(39-34(45)28-10-5-25(22-37)6-11-28)35(46)38-30-14-12-27(13-15-30)33-40-42-43-41-33/h2-4,7-9,12-15,21,25,28,32H,5-6,10-11,16-20,22,37H2,1H3,(H,38,46)(H,39,45)(H,40,41,42,43). The average molecular weight is 651 g/mol. The Morgan fingerprint density at radius 3 is 2.29 bits per heavy atom. The fourth-order valence-electron chi connectivity index (χ4n) is 6.41. The lowest BCUT2D eigenvalue weighted by Gasteiger charge is -2.28. The van der Waals surface area contributed by atoms with Crippen LogP contribution < -0.4 is 16.4 Å². The molecule has 12 heteroatoms. The fraction of sp³-hybridized carbons (Fsp3) is 0.389. The highest BCUT2D eigenvalue weighted by Gasteiger charge is 2.29. The molecule has 0 radical (unpaired) electrons. The molecule has 6 rings (SSSR count). The number of anilines is 1. The number of nitrogens with zero attached hydrogens (tertiary/aromatic N) is 4. The number of carbonyl (C=O) groups excluding carboxylic acids is 3. The van der Waals surface area contributed by atoms with Crippen LogP contribution in [-0.4, -0.2) is 82.1 Å². The number of nitrogens with two attached hydrogens (primary N) is 1. The predicted molar refractivity (Wildman–Crippen MR) is 182 cm³/mol. The predicted octanol–water partition coefficient (Wildman–Crippen LogP) is 3.75. The first kappa shape index (κ1) is 33.0. The van der Waals surface area contributed by atoms with Gasteiger partial charge >= 0.3 is 0 Å². The molecule has 1 aliphatic heterocycles. The van der Waals surface area contributed by atoms with Crippen molar-refractivity contribution in [3.05, 3.63) is 83.4 Å². The molecule has 1 saturated heterocycles. The van der Waals surface area contributed by atoms with Crippen LogP contribution in [0.3, 0.4) is 0 Å². The molecule has 1 aromatic heterocycles. The summed E-state index contributed by atoms with van der Waals surface area (Å²) in [7, 11) is 0. The molecule has 3 aromatic carbocycles. The van der Waals surface area contributed by atoms with Crippen LogP contribution in [0.1, 0.15) is 47.2 Å². The van der Waals surface area contributed by atoms with Crippen molar-refractivity contribution in [2.24, 2.45) is 17.6 Å². The molecule has 0 bridgehead atoms. The van der Waals surface area contributed by atoms with Crippen LogP contribution in [0.5, 0.6) is 0 Å². The zero-order chi connectivity index (χ0) is 33.5. The second kappa shape index (κ2) is 15.3. The fourth-order valence-corrected chi connectivity index (χ4v) is 6.41. The van der Waals surface area contributed by atoms with Crippen LogP contribution in [0.15, 0.2) is 66.7 Å². The van der Waals surface area contributed by atoms with Gasteiger partial charge in [-0.15, -0.1) is 10.2 Å². The number of benzene rings is 3. The maximum atomic E-state index is 13.7. The van der Waals surface area contributed by atoms with Gasteiger partial charge < -0.3 is 26.0 Å². The summed E-state index contributed by atoms with van der Waals surface area (Å²) < 4.78 is 5.42. The van der Waals surface area contributed by atoms with Gasteiger partial charge in [0.2, 0.25) is 17.6 Å². The molecule has 3 amide bonds. The highest BCUT2D eigenvalue weighted by atomic mass is 16.5. The molecule has 48 heavy (non-hydrogen) atoms. The monoisotopic (exact) mass is 650 g/mol. The molecule has 4 aromatic rings. The van der Waals surface area contributed by atoms with Crippen molar-refractivity contribution in [3.63, 3.8) is 0 Å². The summed E-state index contributed by atoms with van der Waals surface area (Å²) in [5.41, 5.74) is 11.6. The van der Waals surface area contributed by atoms with E-state index in [0.717, 1.165) is 53.5 Å². The Morgan fingerprint density at radius 2 is 1.62 bits per heavy atom. The van der Waals surface area contributed by atoms with Crippen molar-refractivity contribution in [3.8, 4) is 22.5 Å². The Hall–Kier alpha value is -4.94. The Labute approximate surface area is 279 Å². The highest BCUT2D eigenvalue weighted by molar-refractivity contribution is 5.98. The lowest BCUT2D eigenvalue weighted by Crippen LogP contribution is -2.48. The van der Waals surface area contributed by atoms with Crippen LogP contribution in [0.4, 0.5) is 5.69 Å². The Kier molecular flexibility index (Phi) is 10.5. The van der Waals surface area contributed by atoms with E-state index >= 15 is 0 Å². The van der Waals surface area contributed by atoms with Gasteiger partial charge in [0.15, 0.2) is 0 Å². The number of amides is 3. The number of aryl methyl sites for hydroxylation is 1. The number of tetrazole rings is 1. The minimum absolute atomic E-state index is 0.0137. The van der Waals surface area contributed by atoms with Crippen molar-refractivity contribution in [1.82, 2.24) is 30.8 Å².